The normalized spacial score (nSPS) is 12.4. The molecule has 1 rings (SSSR count). The summed E-state index contributed by atoms with van der Waals surface area (Å²) >= 11 is 0. The molecule has 0 unspecified atom stereocenters. The van der Waals surface area contributed by atoms with Crippen LogP contribution in [0.25, 0.3) is 0 Å². The Morgan fingerprint density at radius 1 is 1.42 bits per heavy atom. The number of hydrogen-bond donors (Lipinski definition) is 2. The Morgan fingerprint density at radius 2 is 2.05 bits per heavy atom. The van der Waals surface area contributed by atoms with Crippen LogP contribution in [0.3, 0.4) is 0 Å². The Bertz CT molecular complexity index is 447. The predicted molar refractivity (Wildman–Crippen MR) is 73.6 cm³/mol. The summed E-state index contributed by atoms with van der Waals surface area (Å²) in [6, 6.07) is 4.57. The largest absolute Gasteiger partial charge is 0.389 e. The Labute approximate surface area is 113 Å². The van der Waals surface area contributed by atoms with E-state index in [1.165, 1.54) is 6.07 Å². The summed E-state index contributed by atoms with van der Waals surface area (Å²) in [6.07, 6.45) is -0.710. The molecule has 0 aliphatic heterocycles. The van der Waals surface area contributed by atoms with Crippen molar-refractivity contribution in [1.29, 1.82) is 0 Å². The van der Waals surface area contributed by atoms with E-state index in [4.69, 9.17) is 0 Å². The summed E-state index contributed by atoms with van der Waals surface area (Å²) in [5.74, 6) is -0.602. The van der Waals surface area contributed by atoms with E-state index in [1.807, 2.05) is 13.8 Å². The van der Waals surface area contributed by atoms with Crippen LogP contribution in [0.5, 0.6) is 0 Å². The molecule has 2 N–H and O–H groups in total. The number of amides is 1. The molecular formula is C14H21FN2O2. The highest BCUT2D eigenvalue weighted by Crippen LogP contribution is 2.22. The Kier molecular flexibility index (Phi) is 5.30. The predicted octanol–water partition coefficient (Wildman–Crippen LogP) is 1.84. The topological polar surface area (TPSA) is 52.6 Å². The van der Waals surface area contributed by atoms with Gasteiger partial charge in [0.1, 0.15) is 5.82 Å². The fourth-order valence-corrected chi connectivity index (χ4v) is 1.76. The minimum atomic E-state index is -0.710. The fourth-order valence-electron chi connectivity index (χ4n) is 1.76. The number of hydrogen-bond acceptors (Lipinski definition) is 3. The van der Waals surface area contributed by atoms with Crippen molar-refractivity contribution in [2.24, 2.45) is 0 Å². The lowest BCUT2D eigenvalue weighted by Crippen LogP contribution is -2.38. The molecule has 0 heterocycles. The van der Waals surface area contributed by atoms with Gasteiger partial charge in [-0.1, -0.05) is 6.07 Å². The van der Waals surface area contributed by atoms with Crippen LogP contribution < -0.4 is 10.2 Å². The molecular weight excluding hydrogens is 247 g/mol. The average Bonchev–Trinajstić information content (AvgIpc) is 2.26. The first-order valence-electron chi connectivity index (χ1n) is 6.29. The quantitative estimate of drug-likeness (QED) is 0.856. The lowest BCUT2D eigenvalue weighted by Gasteiger charge is -2.21. The number of anilines is 1. The first-order valence-corrected chi connectivity index (χ1v) is 6.29. The van der Waals surface area contributed by atoms with E-state index in [0.29, 0.717) is 11.3 Å². The minimum Gasteiger partial charge on any atom is -0.389 e. The SMILES string of the molecule is CC(C)NC(=O)CN(C)c1ccc([C@@H](C)O)cc1F. The summed E-state index contributed by atoms with van der Waals surface area (Å²) < 4.78 is 13.9. The molecule has 0 radical (unpaired) electrons. The average molecular weight is 268 g/mol. The van der Waals surface area contributed by atoms with E-state index in [1.54, 1.807) is 31.0 Å². The van der Waals surface area contributed by atoms with E-state index >= 15 is 0 Å². The fraction of sp³-hybridized carbons (Fsp3) is 0.500. The lowest BCUT2D eigenvalue weighted by molar-refractivity contribution is -0.120. The molecule has 0 saturated carbocycles. The van der Waals surface area contributed by atoms with Gasteiger partial charge in [0.05, 0.1) is 18.3 Å². The molecule has 0 aliphatic carbocycles. The number of nitrogens with one attached hydrogen (secondary N) is 1. The number of aliphatic hydroxyl groups is 1. The van der Waals surface area contributed by atoms with E-state index in [2.05, 4.69) is 5.32 Å². The second-order valence-corrected chi connectivity index (χ2v) is 4.97. The molecule has 0 saturated heterocycles. The number of likely N-dealkylation sites (N-methyl/N-ethyl adjacent to an activating group) is 1. The van der Waals surface area contributed by atoms with Gasteiger partial charge in [0, 0.05) is 13.1 Å². The van der Waals surface area contributed by atoms with Crippen LogP contribution in [-0.2, 0) is 4.79 Å². The van der Waals surface area contributed by atoms with Crippen LogP contribution >= 0.6 is 0 Å². The zero-order valence-electron chi connectivity index (χ0n) is 11.8. The third-order valence-electron chi connectivity index (χ3n) is 2.70. The van der Waals surface area contributed by atoms with Crippen molar-refractivity contribution in [2.75, 3.05) is 18.5 Å². The van der Waals surface area contributed by atoms with Crippen molar-refractivity contribution in [3.8, 4) is 0 Å². The van der Waals surface area contributed by atoms with Crippen LogP contribution in [0.15, 0.2) is 18.2 Å². The number of carbonyl (C=O) groups is 1. The van der Waals surface area contributed by atoms with Crippen molar-refractivity contribution < 1.29 is 14.3 Å². The number of nitrogens with zero attached hydrogens (tertiary/aromatic N) is 1. The molecule has 0 fully saturated rings. The molecule has 19 heavy (non-hydrogen) atoms. The van der Waals surface area contributed by atoms with Crippen LogP contribution in [0, 0.1) is 5.82 Å². The molecule has 1 aromatic carbocycles. The van der Waals surface area contributed by atoms with Gasteiger partial charge < -0.3 is 15.3 Å². The molecule has 106 valence electrons. The van der Waals surface area contributed by atoms with Crippen LogP contribution in [0.1, 0.15) is 32.4 Å². The van der Waals surface area contributed by atoms with Gasteiger partial charge in [0.2, 0.25) is 5.91 Å². The second-order valence-electron chi connectivity index (χ2n) is 4.97. The maximum Gasteiger partial charge on any atom is 0.239 e. The molecule has 0 aliphatic rings. The summed E-state index contributed by atoms with van der Waals surface area (Å²) in [6.45, 7) is 5.41. The van der Waals surface area contributed by atoms with Crippen molar-refractivity contribution >= 4 is 11.6 Å². The Morgan fingerprint density at radius 3 is 2.53 bits per heavy atom. The summed E-state index contributed by atoms with van der Waals surface area (Å²) in [4.78, 5) is 13.1. The zero-order valence-corrected chi connectivity index (χ0v) is 11.8. The lowest BCUT2D eigenvalue weighted by atomic mass is 10.1. The summed E-state index contributed by atoms with van der Waals surface area (Å²) in [5.41, 5.74) is 0.851. The Balaban J connectivity index is 2.77. The number of benzene rings is 1. The summed E-state index contributed by atoms with van der Waals surface area (Å²) in [5, 5.41) is 12.1. The molecule has 1 atom stereocenters. The maximum atomic E-state index is 13.9. The smallest absolute Gasteiger partial charge is 0.239 e. The van der Waals surface area contributed by atoms with E-state index in [-0.39, 0.29) is 18.5 Å². The van der Waals surface area contributed by atoms with Gasteiger partial charge in [0.25, 0.3) is 0 Å². The highest BCUT2D eigenvalue weighted by molar-refractivity contribution is 5.81. The van der Waals surface area contributed by atoms with Crippen molar-refractivity contribution in [2.45, 2.75) is 32.9 Å². The van der Waals surface area contributed by atoms with Crippen molar-refractivity contribution in [1.82, 2.24) is 5.32 Å². The molecule has 0 spiro atoms. The highest BCUT2D eigenvalue weighted by Gasteiger charge is 2.13. The molecule has 1 aromatic rings. The first-order chi connectivity index (χ1) is 8.81. The Hall–Kier alpha value is -1.62. The number of rotatable bonds is 5. The highest BCUT2D eigenvalue weighted by atomic mass is 19.1. The minimum absolute atomic E-state index is 0.0587. The zero-order chi connectivity index (χ0) is 14.6. The number of aliphatic hydroxyl groups excluding tert-OH is 1. The molecule has 1 amide bonds. The molecule has 4 nitrogen and oxygen atoms in total. The van der Waals surface area contributed by atoms with Crippen LogP contribution in [0.2, 0.25) is 0 Å². The standard InChI is InChI=1S/C14H21FN2O2/c1-9(2)16-14(19)8-17(4)13-6-5-11(10(3)18)7-12(13)15/h5-7,9-10,18H,8H2,1-4H3,(H,16,19)/t10-/m1/s1. The third-order valence-corrected chi connectivity index (χ3v) is 2.70. The van der Waals surface area contributed by atoms with Crippen LogP contribution in [0.4, 0.5) is 10.1 Å². The van der Waals surface area contributed by atoms with Crippen LogP contribution in [-0.4, -0.2) is 30.6 Å². The van der Waals surface area contributed by atoms with E-state index < -0.39 is 11.9 Å². The van der Waals surface area contributed by atoms with Crippen molar-refractivity contribution in [3.63, 3.8) is 0 Å². The first kappa shape index (κ1) is 15.4. The summed E-state index contributed by atoms with van der Waals surface area (Å²) in [7, 11) is 1.65. The second kappa shape index (κ2) is 6.52. The maximum absolute atomic E-state index is 13.9. The monoisotopic (exact) mass is 268 g/mol. The van der Waals surface area contributed by atoms with Gasteiger partial charge in [-0.05, 0) is 38.5 Å². The molecule has 0 aromatic heterocycles. The van der Waals surface area contributed by atoms with Gasteiger partial charge in [-0.15, -0.1) is 0 Å². The number of halogens is 1. The molecule has 5 heteroatoms. The van der Waals surface area contributed by atoms with Gasteiger partial charge in [-0.3, -0.25) is 4.79 Å². The van der Waals surface area contributed by atoms with Gasteiger partial charge in [-0.2, -0.15) is 0 Å². The van der Waals surface area contributed by atoms with Gasteiger partial charge in [0.15, 0.2) is 0 Å². The molecule has 0 bridgehead atoms. The third kappa shape index (κ3) is 4.52. The number of carbonyl (C=O) groups excluding carboxylic acids is 1. The van der Waals surface area contributed by atoms with Gasteiger partial charge >= 0.3 is 0 Å². The van der Waals surface area contributed by atoms with Crippen molar-refractivity contribution in [3.05, 3.63) is 29.6 Å². The van der Waals surface area contributed by atoms with E-state index in [0.717, 1.165) is 0 Å². The van der Waals surface area contributed by atoms with E-state index in [9.17, 15) is 14.3 Å². The van der Waals surface area contributed by atoms with Gasteiger partial charge in [-0.25, -0.2) is 4.39 Å².